The van der Waals surface area contributed by atoms with Gasteiger partial charge < -0.3 is 15.0 Å². The van der Waals surface area contributed by atoms with Crippen LogP contribution in [0.3, 0.4) is 0 Å². The van der Waals surface area contributed by atoms with Gasteiger partial charge in [-0.3, -0.25) is 4.79 Å². The maximum atomic E-state index is 12.4. The number of likely N-dealkylation sites (tertiary alicyclic amines) is 1. The summed E-state index contributed by atoms with van der Waals surface area (Å²) < 4.78 is 5.48. The lowest BCUT2D eigenvalue weighted by atomic mass is 10.0. The van der Waals surface area contributed by atoms with Gasteiger partial charge in [0.15, 0.2) is 5.70 Å². The monoisotopic (exact) mass is 405 g/mol. The second-order valence-corrected chi connectivity index (χ2v) is 8.32. The molecule has 0 bridgehead atoms. The normalized spacial score (nSPS) is 18.8. The van der Waals surface area contributed by atoms with Crippen LogP contribution in [0.5, 0.6) is 0 Å². The fraction of sp³-hybridized carbons (Fsp3) is 0.375. The van der Waals surface area contributed by atoms with Crippen molar-refractivity contribution in [1.82, 2.24) is 10.2 Å². The third-order valence-corrected chi connectivity index (χ3v) is 5.43. The zero-order valence-corrected chi connectivity index (χ0v) is 17.4. The molecule has 0 aromatic heterocycles. The van der Waals surface area contributed by atoms with Gasteiger partial charge in [0.1, 0.15) is 0 Å². The number of nitrogens with one attached hydrogen (secondary N) is 1. The zero-order chi connectivity index (χ0) is 21.1. The van der Waals surface area contributed by atoms with E-state index in [9.17, 15) is 9.59 Å². The smallest absolute Gasteiger partial charge is 0.365 e. The summed E-state index contributed by atoms with van der Waals surface area (Å²) >= 11 is 0. The van der Waals surface area contributed by atoms with E-state index in [2.05, 4.69) is 15.2 Å². The average molecular weight is 405 g/mol. The van der Waals surface area contributed by atoms with Crippen LogP contribution in [0.2, 0.25) is 0 Å². The van der Waals surface area contributed by atoms with Gasteiger partial charge in [-0.05, 0) is 35.6 Å². The Balaban J connectivity index is 1.43. The molecule has 30 heavy (non-hydrogen) atoms. The summed E-state index contributed by atoms with van der Waals surface area (Å²) in [6.45, 7) is 5.62. The number of aliphatic imine (C=N–C) groups is 1. The highest BCUT2D eigenvalue weighted by atomic mass is 16.6. The number of benzene rings is 2. The van der Waals surface area contributed by atoms with E-state index in [4.69, 9.17) is 4.74 Å². The second kappa shape index (κ2) is 8.69. The van der Waals surface area contributed by atoms with Gasteiger partial charge in [-0.1, -0.05) is 50.2 Å². The molecular weight excluding hydrogens is 378 g/mol. The van der Waals surface area contributed by atoms with Crippen LogP contribution in [-0.4, -0.2) is 41.8 Å². The number of hydrogen-bond donors (Lipinski definition) is 1. The molecule has 6 heteroatoms. The average Bonchev–Trinajstić information content (AvgIpc) is 3.08. The van der Waals surface area contributed by atoms with Gasteiger partial charge in [0, 0.05) is 37.3 Å². The number of nitrogens with zero attached hydrogens (tertiary/aromatic N) is 2. The third-order valence-electron chi connectivity index (χ3n) is 5.43. The molecule has 0 aliphatic carbocycles. The van der Waals surface area contributed by atoms with Gasteiger partial charge in [-0.25, -0.2) is 9.79 Å². The third kappa shape index (κ3) is 4.53. The molecule has 6 nitrogen and oxygen atoms in total. The minimum absolute atomic E-state index is 0.116. The van der Waals surface area contributed by atoms with Crippen molar-refractivity contribution in [3.05, 3.63) is 59.9 Å². The summed E-state index contributed by atoms with van der Waals surface area (Å²) in [6, 6.07) is 14.0. The molecule has 0 unspecified atom stereocenters. The predicted octanol–water partition coefficient (Wildman–Crippen LogP) is 3.61. The first-order valence-corrected chi connectivity index (χ1v) is 10.5. The van der Waals surface area contributed by atoms with Gasteiger partial charge >= 0.3 is 5.97 Å². The number of fused-ring (bicyclic) bond motifs is 1. The first kappa shape index (κ1) is 20.1. The van der Waals surface area contributed by atoms with Crippen LogP contribution < -0.4 is 5.32 Å². The number of carbonyl (C=O) groups excluding carboxylic acids is 2. The van der Waals surface area contributed by atoms with Gasteiger partial charge in [0.25, 0.3) is 0 Å². The molecule has 156 valence electrons. The predicted molar refractivity (Wildman–Crippen MR) is 117 cm³/mol. The van der Waals surface area contributed by atoms with Crippen molar-refractivity contribution in [2.45, 2.75) is 39.2 Å². The largest absolute Gasteiger partial charge is 0.402 e. The fourth-order valence-electron chi connectivity index (χ4n) is 3.93. The SMILES string of the molecule is CC(C)CC(=O)NC1CCN(/C=C2/N=C(c3cccc4ccccc34)OC2=O)CC1. The molecule has 2 aliphatic heterocycles. The van der Waals surface area contributed by atoms with Crippen molar-refractivity contribution in [2.24, 2.45) is 10.9 Å². The van der Waals surface area contributed by atoms with E-state index in [-0.39, 0.29) is 11.9 Å². The molecule has 0 radical (unpaired) electrons. The Bertz CT molecular complexity index is 1010. The summed E-state index contributed by atoms with van der Waals surface area (Å²) in [5, 5.41) is 5.20. The molecular formula is C24H27N3O3. The summed E-state index contributed by atoms with van der Waals surface area (Å²) in [4.78, 5) is 30.9. The Kier molecular flexibility index (Phi) is 5.84. The molecule has 0 spiro atoms. The Morgan fingerprint density at radius 3 is 2.70 bits per heavy atom. The maximum absolute atomic E-state index is 12.4. The number of cyclic esters (lactones) is 1. The molecule has 1 fully saturated rings. The van der Waals surface area contributed by atoms with Gasteiger partial charge in [0.05, 0.1) is 0 Å². The summed E-state index contributed by atoms with van der Waals surface area (Å²) in [6.07, 6.45) is 4.04. The van der Waals surface area contributed by atoms with E-state index in [1.54, 1.807) is 6.20 Å². The van der Waals surface area contributed by atoms with E-state index < -0.39 is 5.97 Å². The number of esters is 1. The van der Waals surface area contributed by atoms with Crippen LogP contribution in [0.4, 0.5) is 0 Å². The quantitative estimate of drug-likeness (QED) is 0.609. The van der Waals surface area contributed by atoms with E-state index in [0.29, 0.717) is 23.9 Å². The van der Waals surface area contributed by atoms with Crippen LogP contribution in [0, 0.1) is 5.92 Å². The van der Waals surface area contributed by atoms with Crippen molar-refractivity contribution >= 4 is 28.5 Å². The zero-order valence-electron chi connectivity index (χ0n) is 17.4. The molecule has 2 aromatic rings. The number of carbonyl (C=O) groups is 2. The lowest BCUT2D eigenvalue weighted by Gasteiger charge is -2.31. The van der Waals surface area contributed by atoms with Crippen molar-refractivity contribution in [1.29, 1.82) is 0 Å². The van der Waals surface area contributed by atoms with Crippen molar-refractivity contribution < 1.29 is 14.3 Å². The van der Waals surface area contributed by atoms with Gasteiger partial charge in [-0.2, -0.15) is 0 Å². The van der Waals surface area contributed by atoms with Crippen LogP contribution in [0.1, 0.15) is 38.7 Å². The molecule has 0 atom stereocenters. The lowest BCUT2D eigenvalue weighted by Crippen LogP contribution is -2.43. The van der Waals surface area contributed by atoms with Gasteiger partial charge in [0.2, 0.25) is 11.8 Å². The van der Waals surface area contributed by atoms with Crippen molar-refractivity contribution in [3.63, 3.8) is 0 Å². The number of rotatable bonds is 5. The topological polar surface area (TPSA) is 71.0 Å². The Labute approximate surface area is 176 Å². The Hall–Kier alpha value is -3.15. The van der Waals surface area contributed by atoms with E-state index >= 15 is 0 Å². The van der Waals surface area contributed by atoms with Gasteiger partial charge in [-0.15, -0.1) is 0 Å². The van der Waals surface area contributed by atoms with E-state index in [0.717, 1.165) is 42.3 Å². The van der Waals surface area contributed by atoms with Crippen LogP contribution >= 0.6 is 0 Å². The fourth-order valence-corrected chi connectivity index (χ4v) is 3.93. The highest BCUT2D eigenvalue weighted by Gasteiger charge is 2.27. The molecule has 2 aromatic carbocycles. The van der Waals surface area contributed by atoms with E-state index in [1.807, 2.05) is 56.3 Å². The van der Waals surface area contributed by atoms with Crippen LogP contribution in [-0.2, 0) is 14.3 Å². The number of ether oxygens (including phenoxy) is 1. The molecule has 0 saturated carbocycles. The molecule has 4 rings (SSSR count). The minimum Gasteiger partial charge on any atom is -0.402 e. The lowest BCUT2D eigenvalue weighted by molar-refractivity contribution is -0.130. The standard InChI is InChI=1S/C24H27N3O3/c1-16(2)14-22(28)25-18-10-12-27(13-11-18)15-21-24(29)30-23(26-21)20-9-5-7-17-6-3-4-8-19(17)20/h3-9,15-16,18H,10-14H2,1-2H3,(H,25,28)/b21-15+. The highest BCUT2D eigenvalue weighted by molar-refractivity contribution is 6.16. The second-order valence-electron chi connectivity index (χ2n) is 8.32. The maximum Gasteiger partial charge on any atom is 0.365 e. The van der Waals surface area contributed by atoms with Crippen molar-refractivity contribution in [2.75, 3.05) is 13.1 Å². The first-order valence-electron chi connectivity index (χ1n) is 10.5. The van der Waals surface area contributed by atoms with E-state index in [1.165, 1.54) is 0 Å². The Morgan fingerprint density at radius 2 is 1.93 bits per heavy atom. The first-order chi connectivity index (χ1) is 14.5. The number of piperidine rings is 1. The molecule has 1 saturated heterocycles. The molecule has 2 aliphatic rings. The Morgan fingerprint density at radius 1 is 1.20 bits per heavy atom. The summed E-state index contributed by atoms with van der Waals surface area (Å²) in [7, 11) is 0. The van der Waals surface area contributed by atoms with Crippen LogP contribution in [0.15, 0.2) is 59.4 Å². The highest BCUT2D eigenvalue weighted by Crippen LogP contribution is 2.24. The number of hydrogen-bond acceptors (Lipinski definition) is 5. The van der Waals surface area contributed by atoms with Crippen LogP contribution in [0.25, 0.3) is 10.8 Å². The molecule has 1 N–H and O–H groups in total. The summed E-state index contributed by atoms with van der Waals surface area (Å²) in [5.41, 5.74) is 1.14. The number of amides is 1. The molecule has 1 amide bonds. The van der Waals surface area contributed by atoms with Crippen molar-refractivity contribution in [3.8, 4) is 0 Å². The summed E-state index contributed by atoms with van der Waals surface area (Å²) in [5.74, 6) is 0.395. The minimum atomic E-state index is -0.426. The molecule has 2 heterocycles.